The molecule has 0 heterocycles. The van der Waals surface area contributed by atoms with Crippen LogP contribution >= 0.6 is 12.4 Å². The first-order valence-corrected chi connectivity index (χ1v) is 5.90. The average Bonchev–Trinajstić information content (AvgIpc) is 2.39. The lowest BCUT2D eigenvalue weighted by atomic mass is 10.00. The van der Waals surface area contributed by atoms with Crippen LogP contribution in [0.3, 0.4) is 0 Å². The summed E-state index contributed by atoms with van der Waals surface area (Å²) >= 11 is 0. The molecule has 0 amide bonds. The van der Waals surface area contributed by atoms with Crippen LogP contribution in [0.4, 0.5) is 4.39 Å². The molecule has 2 aromatic rings. The van der Waals surface area contributed by atoms with E-state index >= 15 is 0 Å². The Hall–Kier alpha value is -1.42. The van der Waals surface area contributed by atoms with E-state index in [0.29, 0.717) is 6.42 Å². The number of rotatable bonds is 4. The minimum absolute atomic E-state index is 0. The van der Waals surface area contributed by atoms with E-state index in [1.807, 2.05) is 30.3 Å². The standard InChI is InChI=1S/C15H16FNO.ClH/c16-14-6-2-5-13(9-14)12-4-1-3-11(7-12)8-15(17)10-18;/h1-7,9,15,18H,8,10,17H2;1H. The molecule has 0 aliphatic carbocycles. The summed E-state index contributed by atoms with van der Waals surface area (Å²) < 4.78 is 13.2. The third kappa shape index (κ3) is 4.31. The van der Waals surface area contributed by atoms with Crippen LogP contribution in [-0.4, -0.2) is 17.8 Å². The highest BCUT2D eigenvalue weighted by Crippen LogP contribution is 2.21. The van der Waals surface area contributed by atoms with Crippen molar-refractivity contribution in [2.75, 3.05) is 6.61 Å². The van der Waals surface area contributed by atoms with E-state index in [2.05, 4.69) is 0 Å². The summed E-state index contributed by atoms with van der Waals surface area (Å²) in [6, 6.07) is 14.0. The van der Waals surface area contributed by atoms with Crippen LogP contribution in [0.2, 0.25) is 0 Å². The van der Waals surface area contributed by atoms with Gasteiger partial charge in [0.1, 0.15) is 5.82 Å². The van der Waals surface area contributed by atoms with Gasteiger partial charge in [0, 0.05) is 6.04 Å². The van der Waals surface area contributed by atoms with E-state index in [0.717, 1.165) is 16.7 Å². The van der Waals surface area contributed by atoms with E-state index in [1.165, 1.54) is 12.1 Å². The summed E-state index contributed by atoms with van der Waals surface area (Å²) in [5.41, 5.74) is 8.55. The van der Waals surface area contributed by atoms with Gasteiger partial charge in [-0.2, -0.15) is 0 Å². The van der Waals surface area contributed by atoms with Crippen molar-refractivity contribution in [2.24, 2.45) is 5.73 Å². The molecule has 2 rings (SSSR count). The molecule has 2 aromatic carbocycles. The monoisotopic (exact) mass is 281 g/mol. The lowest BCUT2D eigenvalue weighted by molar-refractivity contribution is 0.265. The van der Waals surface area contributed by atoms with Gasteiger partial charge in [0.15, 0.2) is 0 Å². The molecule has 0 bridgehead atoms. The van der Waals surface area contributed by atoms with Crippen LogP contribution in [0.15, 0.2) is 48.5 Å². The van der Waals surface area contributed by atoms with Gasteiger partial charge in [-0.3, -0.25) is 0 Å². The maximum atomic E-state index is 13.2. The smallest absolute Gasteiger partial charge is 0.123 e. The fourth-order valence-electron chi connectivity index (χ4n) is 1.91. The summed E-state index contributed by atoms with van der Waals surface area (Å²) in [4.78, 5) is 0. The minimum Gasteiger partial charge on any atom is -0.395 e. The summed E-state index contributed by atoms with van der Waals surface area (Å²) in [6.45, 7) is -0.0375. The minimum atomic E-state index is -0.257. The Morgan fingerprint density at radius 1 is 1.05 bits per heavy atom. The fourth-order valence-corrected chi connectivity index (χ4v) is 1.91. The first kappa shape index (κ1) is 15.6. The lowest BCUT2D eigenvalue weighted by Gasteiger charge is -2.09. The molecular weight excluding hydrogens is 265 g/mol. The second-order valence-corrected chi connectivity index (χ2v) is 4.36. The van der Waals surface area contributed by atoms with Crippen molar-refractivity contribution in [3.63, 3.8) is 0 Å². The van der Waals surface area contributed by atoms with E-state index in [4.69, 9.17) is 10.8 Å². The topological polar surface area (TPSA) is 46.2 Å². The van der Waals surface area contributed by atoms with E-state index in [1.54, 1.807) is 6.07 Å². The quantitative estimate of drug-likeness (QED) is 0.905. The highest BCUT2D eigenvalue weighted by molar-refractivity contribution is 5.85. The SMILES string of the molecule is Cl.NC(CO)Cc1cccc(-c2cccc(F)c2)c1. The number of halogens is 2. The van der Waals surface area contributed by atoms with Crippen molar-refractivity contribution in [3.8, 4) is 11.1 Å². The van der Waals surface area contributed by atoms with E-state index in [-0.39, 0.29) is 30.9 Å². The lowest BCUT2D eigenvalue weighted by Crippen LogP contribution is -2.26. The first-order chi connectivity index (χ1) is 8.69. The third-order valence-corrected chi connectivity index (χ3v) is 2.82. The molecule has 1 atom stereocenters. The van der Waals surface area contributed by atoms with E-state index < -0.39 is 0 Å². The van der Waals surface area contributed by atoms with Crippen molar-refractivity contribution in [1.82, 2.24) is 0 Å². The van der Waals surface area contributed by atoms with E-state index in [9.17, 15) is 4.39 Å². The molecule has 0 aliphatic rings. The van der Waals surface area contributed by atoms with Crippen LogP contribution in [0, 0.1) is 5.82 Å². The molecule has 0 saturated carbocycles. The zero-order valence-electron chi connectivity index (χ0n) is 10.4. The summed E-state index contributed by atoms with van der Waals surface area (Å²) in [5.74, 6) is -0.245. The van der Waals surface area contributed by atoms with Gasteiger partial charge in [-0.15, -0.1) is 12.4 Å². The molecule has 0 spiro atoms. The van der Waals surface area contributed by atoms with Gasteiger partial charge in [0.2, 0.25) is 0 Å². The van der Waals surface area contributed by atoms with Crippen molar-refractivity contribution in [2.45, 2.75) is 12.5 Å². The molecule has 0 fully saturated rings. The third-order valence-electron chi connectivity index (χ3n) is 2.82. The molecule has 0 radical (unpaired) electrons. The molecular formula is C15H17ClFNO. The van der Waals surface area contributed by atoms with Gasteiger partial charge in [-0.25, -0.2) is 4.39 Å². The maximum absolute atomic E-state index is 13.2. The number of benzene rings is 2. The zero-order chi connectivity index (χ0) is 13.0. The average molecular weight is 282 g/mol. The predicted molar refractivity (Wildman–Crippen MR) is 77.8 cm³/mol. The predicted octanol–water partition coefficient (Wildman–Crippen LogP) is 2.78. The highest BCUT2D eigenvalue weighted by Gasteiger charge is 2.04. The van der Waals surface area contributed by atoms with Gasteiger partial charge >= 0.3 is 0 Å². The van der Waals surface area contributed by atoms with Gasteiger partial charge in [0.25, 0.3) is 0 Å². The summed E-state index contributed by atoms with van der Waals surface area (Å²) in [7, 11) is 0. The van der Waals surface area contributed by atoms with Gasteiger partial charge in [-0.05, 0) is 35.2 Å². The second-order valence-electron chi connectivity index (χ2n) is 4.36. The Morgan fingerprint density at radius 2 is 1.68 bits per heavy atom. The number of nitrogens with two attached hydrogens (primary N) is 1. The first-order valence-electron chi connectivity index (χ1n) is 5.90. The summed E-state index contributed by atoms with van der Waals surface area (Å²) in [6.07, 6.45) is 0.611. The Balaban J connectivity index is 0.00000180. The largest absolute Gasteiger partial charge is 0.395 e. The molecule has 102 valence electrons. The van der Waals surface area contributed by atoms with Gasteiger partial charge in [0.05, 0.1) is 6.61 Å². The number of aliphatic hydroxyl groups is 1. The van der Waals surface area contributed by atoms with Crippen molar-refractivity contribution >= 4 is 12.4 Å². The molecule has 2 nitrogen and oxygen atoms in total. The van der Waals surface area contributed by atoms with Crippen LogP contribution in [0.1, 0.15) is 5.56 Å². The molecule has 3 N–H and O–H groups in total. The second kappa shape index (κ2) is 7.24. The Morgan fingerprint density at radius 3 is 2.32 bits per heavy atom. The number of hydrogen-bond acceptors (Lipinski definition) is 2. The van der Waals surface area contributed by atoms with Gasteiger partial charge < -0.3 is 10.8 Å². The van der Waals surface area contributed by atoms with Crippen LogP contribution in [-0.2, 0) is 6.42 Å². The van der Waals surface area contributed by atoms with Crippen molar-refractivity contribution in [1.29, 1.82) is 0 Å². The van der Waals surface area contributed by atoms with Crippen molar-refractivity contribution < 1.29 is 9.50 Å². The van der Waals surface area contributed by atoms with Gasteiger partial charge in [-0.1, -0.05) is 36.4 Å². The Kier molecular flexibility index (Phi) is 5.96. The molecule has 0 aliphatic heterocycles. The normalized spacial score (nSPS) is 11.7. The van der Waals surface area contributed by atoms with Crippen LogP contribution < -0.4 is 5.73 Å². The molecule has 0 aromatic heterocycles. The number of aliphatic hydroxyl groups excluding tert-OH is 1. The molecule has 1 unspecified atom stereocenters. The Labute approximate surface area is 118 Å². The van der Waals surface area contributed by atoms with Crippen LogP contribution in [0.25, 0.3) is 11.1 Å². The zero-order valence-corrected chi connectivity index (χ0v) is 11.2. The van der Waals surface area contributed by atoms with Crippen LogP contribution in [0.5, 0.6) is 0 Å². The molecule has 19 heavy (non-hydrogen) atoms. The molecule has 0 saturated heterocycles. The number of hydrogen-bond donors (Lipinski definition) is 2. The summed E-state index contributed by atoms with van der Waals surface area (Å²) in [5, 5.41) is 8.94. The fraction of sp³-hybridized carbons (Fsp3) is 0.200. The molecule has 4 heteroatoms. The Bertz CT molecular complexity index is 533. The maximum Gasteiger partial charge on any atom is 0.123 e. The van der Waals surface area contributed by atoms with Crippen molar-refractivity contribution in [3.05, 3.63) is 59.9 Å². The highest BCUT2D eigenvalue weighted by atomic mass is 35.5.